The third-order valence-corrected chi connectivity index (χ3v) is 15.8. The van der Waals surface area contributed by atoms with Crippen LogP contribution in [0.4, 0.5) is 10.5 Å². The van der Waals surface area contributed by atoms with E-state index >= 15 is 0 Å². The second kappa shape index (κ2) is 21.4. The quantitative estimate of drug-likeness (QED) is 0.158. The Labute approximate surface area is 401 Å². The fourth-order valence-corrected chi connectivity index (χ4v) is 11.1. The number of methoxy groups -OCH3 is 2. The van der Waals surface area contributed by atoms with Gasteiger partial charge in [0.25, 0.3) is 0 Å². The molecule has 1 aromatic rings. The van der Waals surface area contributed by atoms with Gasteiger partial charge >= 0.3 is 12.1 Å². The Balaban J connectivity index is 1.16. The van der Waals surface area contributed by atoms with E-state index in [-0.39, 0.29) is 65.9 Å². The number of likely N-dealkylation sites (N-methyl/N-ethyl adjacent to an activating group) is 1. The second-order valence-corrected chi connectivity index (χ2v) is 20.6. The molecular formula is C48H65ClN4O13S. The summed E-state index contributed by atoms with van der Waals surface area (Å²) >= 11 is 8.04. The monoisotopic (exact) mass is 972 g/mol. The number of nitrogens with one attached hydrogen (secondary N) is 1. The Bertz CT molecular complexity index is 2160. The van der Waals surface area contributed by atoms with Gasteiger partial charge in [0.2, 0.25) is 23.6 Å². The van der Waals surface area contributed by atoms with Crippen molar-refractivity contribution in [1.82, 2.24) is 15.1 Å². The summed E-state index contributed by atoms with van der Waals surface area (Å²) in [6.45, 7) is 8.82. The smallest absolute Gasteiger partial charge is 0.409 e. The number of esters is 1. The van der Waals surface area contributed by atoms with Crippen molar-refractivity contribution in [2.75, 3.05) is 45.5 Å². The average Bonchev–Trinajstić information content (AvgIpc) is 3.91. The van der Waals surface area contributed by atoms with E-state index in [0.717, 1.165) is 36.8 Å². The number of hydrogen-bond acceptors (Lipinski definition) is 14. The Kier molecular flexibility index (Phi) is 16.6. The third kappa shape index (κ3) is 11.7. The molecule has 4 fully saturated rings. The fraction of sp³-hybridized carbons (Fsp3) is 0.646. The minimum absolute atomic E-state index is 0.0292. The predicted octanol–water partition coefficient (Wildman–Crippen LogP) is 5.16. The van der Waals surface area contributed by atoms with Gasteiger partial charge in [-0.2, -0.15) is 0 Å². The summed E-state index contributed by atoms with van der Waals surface area (Å²) in [7, 11) is 5.91. The number of amides is 5. The van der Waals surface area contributed by atoms with E-state index < -0.39 is 76.8 Å². The van der Waals surface area contributed by atoms with Crippen LogP contribution >= 0.6 is 23.4 Å². The molecule has 3 unspecified atom stereocenters. The van der Waals surface area contributed by atoms with Gasteiger partial charge in [0.15, 0.2) is 5.72 Å². The lowest BCUT2D eigenvalue weighted by atomic mass is 9.80. The predicted molar refractivity (Wildman–Crippen MR) is 249 cm³/mol. The number of fused-ring (bicyclic) bond motifs is 5. The number of benzene rings is 1. The topological polar surface area (TPSA) is 211 Å². The van der Waals surface area contributed by atoms with Crippen LogP contribution in [0.3, 0.4) is 0 Å². The van der Waals surface area contributed by atoms with Crippen molar-refractivity contribution < 1.29 is 62.4 Å². The number of ketones is 1. The van der Waals surface area contributed by atoms with Crippen LogP contribution in [0.5, 0.6) is 5.75 Å². The maximum Gasteiger partial charge on any atom is 0.409 e. The van der Waals surface area contributed by atoms with Crippen molar-refractivity contribution in [3.05, 3.63) is 46.5 Å². The molecule has 4 aliphatic heterocycles. The largest absolute Gasteiger partial charge is 0.495 e. The number of nitrogens with zero attached hydrogens (tertiary/aromatic N) is 3. The number of anilines is 1. The zero-order chi connectivity index (χ0) is 49.1. The van der Waals surface area contributed by atoms with E-state index in [9.17, 15) is 38.7 Å². The van der Waals surface area contributed by atoms with E-state index in [4.69, 9.17) is 35.3 Å². The van der Waals surface area contributed by atoms with Gasteiger partial charge in [-0.15, -0.1) is 11.8 Å². The lowest BCUT2D eigenvalue weighted by Gasteiger charge is -2.42. The number of imide groups is 1. The summed E-state index contributed by atoms with van der Waals surface area (Å²) < 4.78 is 29.4. The molecular weight excluding hydrogens is 908 g/mol. The third-order valence-electron chi connectivity index (χ3n) is 14.2. The first-order valence-electron chi connectivity index (χ1n) is 22.9. The van der Waals surface area contributed by atoms with E-state index in [1.165, 1.54) is 54.7 Å². The molecule has 4 heterocycles. The van der Waals surface area contributed by atoms with Crippen molar-refractivity contribution >= 4 is 70.5 Å². The number of rotatable bonds is 12. The Morgan fingerprint density at radius 2 is 1.79 bits per heavy atom. The van der Waals surface area contributed by atoms with Crippen LogP contribution in [0.2, 0.25) is 5.02 Å². The molecule has 0 radical (unpaired) electrons. The molecule has 67 heavy (non-hydrogen) atoms. The van der Waals surface area contributed by atoms with Gasteiger partial charge in [0.05, 0.1) is 30.6 Å². The van der Waals surface area contributed by atoms with Crippen LogP contribution in [0.1, 0.15) is 91.5 Å². The summed E-state index contributed by atoms with van der Waals surface area (Å²) in [6, 6.07) is 2.43. The molecule has 6 rings (SSSR count). The van der Waals surface area contributed by atoms with Crippen molar-refractivity contribution in [1.29, 1.82) is 0 Å². The number of halogens is 1. The number of allylic oxidation sites excluding steroid dienone is 3. The molecule has 17 nitrogen and oxygen atoms in total. The minimum atomic E-state index is -1.87. The standard InChI is InChI=1S/C48H65ClN4O13S/c1-26-11-10-12-37(63-9)48(61)24-35(64-46(60)50-48)27(2)43-47(5,66-43)38(23-40(56)52(7)33-20-31(19-26)21-34(62-8)42(33)49)65-45(59)28(3)51(6)39(55)17-18-67-36-22-41(57)53(44(36)58)25-30-13-15-32(16-14-30)29(4)54/h10-12,20-21,27-28,30,32,35-38,43,61H,13-19,22-25H2,1-9H3,(H,50,60)/b12-10+,26-11+/t27-,28+,30?,32?,35?,36?,37-,38+,43?,47+,48+/m1/s1. The van der Waals surface area contributed by atoms with Crippen molar-refractivity contribution in [2.24, 2.45) is 17.8 Å². The normalized spacial score (nSPS) is 33.1. The number of alkyl carbamates (subject to hydrolysis) is 1. The second-order valence-electron chi connectivity index (χ2n) is 18.9. The van der Waals surface area contributed by atoms with Crippen LogP contribution < -0.4 is 15.0 Å². The fourth-order valence-electron chi connectivity index (χ4n) is 9.67. The summed E-state index contributed by atoms with van der Waals surface area (Å²) in [4.78, 5) is 96.8. The lowest BCUT2D eigenvalue weighted by molar-refractivity contribution is -0.162. The number of hydrogen-bond donors (Lipinski definition) is 2. The van der Waals surface area contributed by atoms with Crippen LogP contribution in [-0.4, -0.2) is 144 Å². The number of thioether (sulfide) groups is 1. The van der Waals surface area contributed by atoms with Gasteiger partial charge < -0.3 is 38.6 Å². The van der Waals surface area contributed by atoms with Gasteiger partial charge in [-0.05, 0) is 83.4 Å². The molecule has 5 aliphatic rings. The van der Waals surface area contributed by atoms with Crippen LogP contribution in [0, 0.1) is 17.8 Å². The first-order chi connectivity index (χ1) is 31.6. The highest BCUT2D eigenvalue weighted by Gasteiger charge is 2.64. The molecule has 368 valence electrons. The highest BCUT2D eigenvalue weighted by Crippen LogP contribution is 2.49. The van der Waals surface area contributed by atoms with Gasteiger partial charge in [0, 0.05) is 64.6 Å². The summed E-state index contributed by atoms with van der Waals surface area (Å²) in [6.07, 6.45) is 3.60. The maximum absolute atomic E-state index is 14.3. The van der Waals surface area contributed by atoms with Crippen molar-refractivity contribution in [3.63, 3.8) is 0 Å². The van der Waals surface area contributed by atoms with Crippen molar-refractivity contribution in [2.45, 2.75) is 139 Å². The number of carbonyl (C=O) groups excluding carboxylic acids is 7. The molecule has 1 aliphatic carbocycles. The highest BCUT2D eigenvalue weighted by atomic mass is 35.5. The number of epoxide rings is 1. The molecule has 0 aromatic heterocycles. The molecule has 19 heteroatoms. The molecule has 9 atom stereocenters. The number of Topliss-reactive ketones (excluding diaryl/α,β-unsaturated/α-hetero) is 1. The van der Waals surface area contributed by atoms with E-state index in [1.54, 1.807) is 52.1 Å². The number of ether oxygens (including phenoxy) is 5. The van der Waals surface area contributed by atoms with Gasteiger partial charge in [-0.1, -0.05) is 42.3 Å². The molecule has 5 amide bonds. The van der Waals surface area contributed by atoms with E-state index in [2.05, 4.69) is 5.32 Å². The summed E-state index contributed by atoms with van der Waals surface area (Å²) in [5.41, 5.74) is -1.13. The van der Waals surface area contributed by atoms with Gasteiger partial charge in [-0.3, -0.25) is 34.2 Å². The lowest BCUT2D eigenvalue weighted by Crippen LogP contribution is -2.63. The molecule has 1 aromatic carbocycles. The summed E-state index contributed by atoms with van der Waals surface area (Å²) in [5, 5.41) is 13.9. The van der Waals surface area contributed by atoms with E-state index in [1.807, 2.05) is 13.0 Å². The molecule has 1 saturated carbocycles. The highest BCUT2D eigenvalue weighted by molar-refractivity contribution is 8.00. The zero-order valence-corrected chi connectivity index (χ0v) is 41.4. The minimum Gasteiger partial charge on any atom is -0.495 e. The Morgan fingerprint density at radius 1 is 1.09 bits per heavy atom. The van der Waals surface area contributed by atoms with Crippen molar-refractivity contribution in [3.8, 4) is 5.75 Å². The van der Waals surface area contributed by atoms with Crippen LogP contribution in [0.15, 0.2) is 35.9 Å². The van der Waals surface area contributed by atoms with Crippen LogP contribution in [-0.2, 0) is 54.1 Å². The Hall–Kier alpha value is -4.49. The molecule has 2 N–H and O–H groups in total. The van der Waals surface area contributed by atoms with Gasteiger partial charge in [-0.25, -0.2) is 9.59 Å². The summed E-state index contributed by atoms with van der Waals surface area (Å²) in [5.74, 6) is -1.84. The van der Waals surface area contributed by atoms with Crippen LogP contribution in [0.25, 0.3) is 0 Å². The molecule has 4 bridgehead atoms. The SMILES string of the molecule is COc1cc2cc(c1Cl)N(C)C(=O)C[C@H](OC(=O)[C@H](C)N(C)C(=O)CCSC1CC(=O)N(CC3CCC(C(C)=O)CC3)C1=O)[C@]1(C)OC1[C@H](C)C1C[C@@](O)(NC(=O)O1)[C@H](OC)/C=C/C=C(\C)C2. The average molecular weight is 974 g/mol. The van der Waals surface area contributed by atoms with Gasteiger partial charge in [0.1, 0.15) is 46.5 Å². The molecule has 3 saturated heterocycles. The number of carbonyl (C=O) groups is 7. The zero-order valence-electron chi connectivity index (χ0n) is 39.8. The maximum atomic E-state index is 14.3. The molecule has 0 spiro atoms. The van der Waals surface area contributed by atoms with E-state index in [0.29, 0.717) is 24.4 Å². The Morgan fingerprint density at radius 3 is 2.45 bits per heavy atom. The first-order valence-corrected chi connectivity index (χ1v) is 24.3. The number of aliphatic hydroxyl groups is 1. The first kappa shape index (κ1) is 51.9. The number of likely N-dealkylation sites (tertiary alicyclic amines) is 1.